The first-order valence-electron chi connectivity index (χ1n) is 5.51. The Labute approximate surface area is 92.4 Å². The predicted molar refractivity (Wildman–Crippen MR) is 63.3 cm³/mol. The molecule has 15 heavy (non-hydrogen) atoms. The number of nitrogens with one attached hydrogen (secondary N) is 1. The Kier molecular flexibility index (Phi) is 4.85. The first-order chi connectivity index (χ1) is 7.16. The van der Waals surface area contributed by atoms with Crippen LogP contribution >= 0.6 is 0 Å². The lowest BCUT2D eigenvalue weighted by Crippen LogP contribution is -2.15. The van der Waals surface area contributed by atoms with E-state index in [2.05, 4.69) is 36.8 Å². The minimum Gasteiger partial charge on any atom is -0.380 e. The third-order valence-electron chi connectivity index (χ3n) is 2.89. The van der Waals surface area contributed by atoms with Crippen molar-refractivity contribution >= 4 is 0 Å². The number of likely N-dealkylation sites (N-methyl/N-ethyl adjacent to an activating group) is 1. The van der Waals surface area contributed by atoms with Gasteiger partial charge in [-0.15, -0.1) is 0 Å². The zero-order valence-corrected chi connectivity index (χ0v) is 10.3. The highest BCUT2D eigenvalue weighted by Crippen LogP contribution is 2.13. The zero-order valence-electron chi connectivity index (χ0n) is 10.3. The average molecular weight is 210 g/mol. The Morgan fingerprint density at radius 2 is 2.07 bits per heavy atom. The largest absolute Gasteiger partial charge is 0.380 e. The van der Waals surface area contributed by atoms with Gasteiger partial charge in [0.2, 0.25) is 0 Å². The third-order valence-corrected chi connectivity index (χ3v) is 2.89. The van der Waals surface area contributed by atoms with Gasteiger partial charge < -0.3 is 14.6 Å². The van der Waals surface area contributed by atoms with Crippen LogP contribution < -0.4 is 5.32 Å². The van der Waals surface area contributed by atoms with Crippen LogP contribution in [0.1, 0.15) is 17.0 Å². The molecule has 0 amide bonds. The molecule has 0 fully saturated rings. The Morgan fingerprint density at radius 1 is 1.33 bits per heavy atom. The van der Waals surface area contributed by atoms with Crippen LogP contribution in [-0.2, 0) is 18.2 Å². The topological polar surface area (TPSA) is 26.2 Å². The third kappa shape index (κ3) is 3.36. The summed E-state index contributed by atoms with van der Waals surface area (Å²) in [6, 6.07) is 2.25. The van der Waals surface area contributed by atoms with Gasteiger partial charge in [-0.1, -0.05) is 0 Å². The van der Waals surface area contributed by atoms with Crippen molar-refractivity contribution in [1.29, 1.82) is 0 Å². The van der Waals surface area contributed by atoms with Crippen molar-refractivity contribution in [3.8, 4) is 0 Å². The molecule has 0 atom stereocenters. The minimum absolute atomic E-state index is 0.793. The molecule has 1 aromatic rings. The monoisotopic (exact) mass is 210 g/mol. The highest BCUT2D eigenvalue weighted by Gasteiger charge is 2.05. The van der Waals surface area contributed by atoms with Crippen molar-refractivity contribution in [3.63, 3.8) is 0 Å². The maximum atomic E-state index is 5.51. The summed E-state index contributed by atoms with van der Waals surface area (Å²) in [4.78, 5) is 0. The van der Waals surface area contributed by atoms with Crippen LogP contribution in [0, 0.1) is 13.8 Å². The first kappa shape index (κ1) is 12.3. The molecule has 0 saturated carbocycles. The predicted octanol–water partition coefficient (Wildman–Crippen LogP) is 1.42. The molecule has 0 saturated heterocycles. The van der Waals surface area contributed by atoms with Crippen LogP contribution in [0.4, 0.5) is 0 Å². The minimum atomic E-state index is 0.793. The van der Waals surface area contributed by atoms with Crippen molar-refractivity contribution in [2.75, 3.05) is 26.8 Å². The van der Waals surface area contributed by atoms with Gasteiger partial charge in [0.1, 0.15) is 0 Å². The molecular formula is C12H22N2O. The molecule has 0 radical (unpaired) electrons. The molecule has 0 aliphatic rings. The van der Waals surface area contributed by atoms with Crippen LogP contribution in [0.3, 0.4) is 0 Å². The fourth-order valence-electron chi connectivity index (χ4n) is 1.64. The second-order valence-electron chi connectivity index (χ2n) is 3.92. The molecule has 0 aromatic carbocycles. The standard InChI is InChI=1S/C12H22N2O/c1-10-9-12(11(2)14(10)4)5-7-15-8-6-13-3/h9,13H,5-8H2,1-4H3. The van der Waals surface area contributed by atoms with E-state index in [9.17, 15) is 0 Å². The van der Waals surface area contributed by atoms with Crippen LogP contribution in [0.2, 0.25) is 0 Å². The second kappa shape index (κ2) is 5.93. The summed E-state index contributed by atoms with van der Waals surface area (Å²) in [6.45, 7) is 6.83. The lowest BCUT2D eigenvalue weighted by atomic mass is 10.2. The van der Waals surface area contributed by atoms with Gasteiger partial charge in [0.05, 0.1) is 13.2 Å². The quantitative estimate of drug-likeness (QED) is 0.719. The number of nitrogens with zero attached hydrogens (tertiary/aromatic N) is 1. The van der Waals surface area contributed by atoms with Crippen LogP contribution in [-0.4, -0.2) is 31.4 Å². The molecule has 86 valence electrons. The van der Waals surface area contributed by atoms with E-state index >= 15 is 0 Å². The van der Waals surface area contributed by atoms with Gasteiger partial charge in [0.15, 0.2) is 0 Å². The van der Waals surface area contributed by atoms with E-state index in [1.54, 1.807) is 0 Å². The summed E-state index contributed by atoms with van der Waals surface area (Å²) < 4.78 is 7.74. The molecule has 1 heterocycles. The summed E-state index contributed by atoms with van der Waals surface area (Å²) in [5.41, 5.74) is 4.07. The summed E-state index contributed by atoms with van der Waals surface area (Å²) in [6.07, 6.45) is 1.01. The Bertz CT molecular complexity index is 305. The molecule has 1 N–H and O–H groups in total. The van der Waals surface area contributed by atoms with Crippen LogP contribution in [0.25, 0.3) is 0 Å². The normalized spacial score (nSPS) is 10.9. The molecule has 3 nitrogen and oxygen atoms in total. The van der Waals surface area contributed by atoms with Crippen molar-refractivity contribution in [2.24, 2.45) is 7.05 Å². The van der Waals surface area contributed by atoms with Gasteiger partial charge in [-0.25, -0.2) is 0 Å². The molecule has 3 heteroatoms. The zero-order chi connectivity index (χ0) is 11.3. The van der Waals surface area contributed by atoms with Crippen molar-refractivity contribution in [3.05, 3.63) is 23.0 Å². The van der Waals surface area contributed by atoms with Gasteiger partial charge in [-0.3, -0.25) is 0 Å². The number of ether oxygens (including phenoxy) is 1. The Morgan fingerprint density at radius 3 is 2.60 bits per heavy atom. The molecule has 1 aromatic heterocycles. The smallest absolute Gasteiger partial charge is 0.0590 e. The van der Waals surface area contributed by atoms with E-state index in [1.807, 2.05) is 7.05 Å². The second-order valence-corrected chi connectivity index (χ2v) is 3.92. The van der Waals surface area contributed by atoms with Crippen molar-refractivity contribution in [2.45, 2.75) is 20.3 Å². The van der Waals surface area contributed by atoms with Gasteiger partial charge in [0.25, 0.3) is 0 Å². The number of hydrogen-bond acceptors (Lipinski definition) is 2. The Balaban J connectivity index is 2.34. The Hall–Kier alpha value is -0.800. The maximum Gasteiger partial charge on any atom is 0.0590 e. The van der Waals surface area contributed by atoms with Gasteiger partial charge in [-0.05, 0) is 38.9 Å². The molecule has 0 unspecified atom stereocenters. The van der Waals surface area contributed by atoms with E-state index in [0.717, 1.165) is 26.2 Å². The van der Waals surface area contributed by atoms with E-state index in [-0.39, 0.29) is 0 Å². The van der Waals surface area contributed by atoms with E-state index < -0.39 is 0 Å². The lowest BCUT2D eigenvalue weighted by Gasteiger charge is -2.04. The first-order valence-corrected chi connectivity index (χ1v) is 5.51. The van der Waals surface area contributed by atoms with E-state index in [0.29, 0.717) is 0 Å². The SMILES string of the molecule is CNCCOCCc1cc(C)n(C)c1C. The van der Waals surface area contributed by atoms with Crippen LogP contribution in [0.15, 0.2) is 6.07 Å². The molecule has 0 aliphatic heterocycles. The molecule has 0 spiro atoms. The number of aryl methyl sites for hydroxylation is 1. The summed E-state index contributed by atoms with van der Waals surface area (Å²) in [5, 5.41) is 3.06. The number of rotatable bonds is 6. The van der Waals surface area contributed by atoms with Crippen molar-refractivity contribution < 1.29 is 4.74 Å². The summed E-state index contributed by atoms with van der Waals surface area (Å²) >= 11 is 0. The van der Waals surface area contributed by atoms with Crippen molar-refractivity contribution in [1.82, 2.24) is 9.88 Å². The number of hydrogen-bond donors (Lipinski definition) is 1. The summed E-state index contributed by atoms with van der Waals surface area (Å²) in [5.74, 6) is 0. The average Bonchev–Trinajstić information content (AvgIpc) is 2.46. The molecule has 1 rings (SSSR count). The number of aromatic nitrogens is 1. The summed E-state index contributed by atoms with van der Waals surface area (Å²) in [7, 11) is 4.05. The molecule has 0 bridgehead atoms. The molecular weight excluding hydrogens is 188 g/mol. The molecule has 0 aliphatic carbocycles. The van der Waals surface area contributed by atoms with E-state index in [1.165, 1.54) is 17.0 Å². The lowest BCUT2D eigenvalue weighted by molar-refractivity contribution is 0.140. The fourth-order valence-corrected chi connectivity index (χ4v) is 1.64. The van der Waals surface area contributed by atoms with Crippen LogP contribution in [0.5, 0.6) is 0 Å². The fraction of sp³-hybridized carbons (Fsp3) is 0.667. The van der Waals surface area contributed by atoms with Gasteiger partial charge in [-0.2, -0.15) is 0 Å². The van der Waals surface area contributed by atoms with E-state index in [4.69, 9.17) is 4.74 Å². The highest BCUT2D eigenvalue weighted by molar-refractivity contribution is 5.26. The highest BCUT2D eigenvalue weighted by atomic mass is 16.5. The van der Waals surface area contributed by atoms with Gasteiger partial charge >= 0.3 is 0 Å². The maximum absolute atomic E-state index is 5.51. The van der Waals surface area contributed by atoms with Gasteiger partial charge in [0, 0.05) is 25.0 Å².